The van der Waals surface area contributed by atoms with Crippen molar-refractivity contribution in [1.82, 2.24) is 15.5 Å². The molecule has 0 saturated carbocycles. The van der Waals surface area contributed by atoms with E-state index >= 15 is 0 Å². The molecule has 2 aliphatic heterocycles. The van der Waals surface area contributed by atoms with Crippen LogP contribution in [-0.2, 0) is 14.3 Å². The first-order valence-electron chi connectivity index (χ1n) is 9.46. The van der Waals surface area contributed by atoms with Gasteiger partial charge in [0.25, 0.3) is 0 Å². The number of morpholine rings is 1. The average Bonchev–Trinajstić information content (AvgIpc) is 3.11. The predicted octanol–water partition coefficient (Wildman–Crippen LogP) is 1.61. The quantitative estimate of drug-likeness (QED) is 0.270. The monoisotopic (exact) mass is 482 g/mol. The maximum absolute atomic E-state index is 11.9. The molecule has 0 aromatic carbocycles. The standard InChI is InChI=1S/C18H34N4O3.HI/c1-5-19-17(21-9-8-20-16(23)18(2,3)4)22-10-12-25-15(13-22)14-7-6-11-24-14;/h14-15H,5-13H2,1-4H3,(H,19,21)(H,20,23);1H. The molecule has 26 heavy (non-hydrogen) atoms. The topological polar surface area (TPSA) is 75.2 Å². The number of aliphatic imine (C=N–C) groups is 1. The lowest BCUT2D eigenvalue weighted by atomic mass is 9.96. The summed E-state index contributed by atoms with van der Waals surface area (Å²) in [5, 5.41) is 6.29. The minimum atomic E-state index is -0.368. The second kappa shape index (κ2) is 11.3. The number of guanidine groups is 1. The van der Waals surface area contributed by atoms with Crippen LogP contribution in [0.15, 0.2) is 4.99 Å². The van der Waals surface area contributed by atoms with E-state index in [1.54, 1.807) is 0 Å². The average molecular weight is 482 g/mol. The number of ether oxygens (including phenoxy) is 2. The number of carbonyl (C=O) groups excluding carboxylic acids is 1. The molecule has 2 aliphatic rings. The summed E-state index contributed by atoms with van der Waals surface area (Å²) in [7, 11) is 0. The molecule has 0 radical (unpaired) electrons. The van der Waals surface area contributed by atoms with E-state index in [-0.39, 0.29) is 47.5 Å². The van der Waals surface area contributed by atoms with Crippen LogP contribution in [0, 0.1) is 5.41 Å². The molecule has 0 aromatic rings. The van der Waals surface area contributed by atoms with Gasteiger partial charge in [-0.05, 0) is 19.8 Å². The number of hydrogen-bond acceptors (Lipinski definition) is 4. The lowest BCUT2D eigenvalue weighted by molar-refractivity contribution is -0.128. The number of nitrogens with one attached hydrogen (secondary N) is 2. The van der Waals surface area contributed by atoms with Crippen LogP contribution in [0.4, 0.5) is 0 Å². The van der Waals surface area contributed by atoms with Gasteiger partial charge in [0.05, 0.1) is 19.3 Å². The first-order chi connectivity index (χ1) is 11.9. The fraction of sp³-hybridized carbons (Fsp3) is 0.889. The first-order valence-corrected chi connectivity index (χ1v) is 9.46. The molecule has 152 valence electrons. The van der Waals surface area contributed by atoms with Gasteiger partial charge in [-0.1, -0.05) is 20.8 Å². The minimum Gasteiger partial charge on any atom is -0.375 e. The van der Waals surface area contributed by atoms with Crippen molar-refractivity contribution in [2.24, 2.45) is 10.4 Å². The van der Waals surface area contributed by atoms with E-state index in [0.29, 0.717) is 19.7 Å². The number of rotatable bonds is 5. The SMILES string of the molecule is CCNC(=NCCNC(=O)C(C)(C)C)N1CCOC(C2CCCO2)C1.I. The zero-order valence-electron chi connectivity index (χ0n) is 16.5. The second-order valence-electron chi connectivity index (χ2n) is 7.65. The number of carbonyl (C=O) groups is 1. The summed E-state index contributed by atoms with van der Waals surface area (Å²) in [6, 6.07) is 0. The maximum atomic E-state index is 11.9. The van der Waals surface area contributed by atoms with Gasteiger partial charge in [-0.15, -0.1) is 24.0 Å². The van der Waals surface area contributed by atoms with E-state index in [2.05, 4.69) is 27.4 Å². The zero-order valence-corrected chi connectivity index (χ0v) is 18.9. The Balaban J connectivity index is 0.00000338. The molecule has 2 saturated heterocycles. The Labute approximate surface area is 174 Å². The highest BCUT2D eigenvalue weighted by atomic mass is 127. The van der Waals surface area contributed by atoms with E-state index in [1.165, 1.54) is 0 Å². The molecule has 2 heterocycles. The minimum absolute atomic E-state index is 0. The van der Waals surface area contributed by atoms with Gasteiger partial charge >= 0.3 is 0 Å². The van der Waals surface area contributed by atoms with Gasteiger partial charge in [0.1, 0.15) is 6.10 Å². The fourth-order valence-corrected chi connectivity index (χ4v) is 3.01. The van der Waals surface area contributed by atoms with Crippen LogP contribution in [0.3, 0.4) is 0 Å². The Hall–Kier alpha value is -0.610. The van der Waals surface area contributed by atoms with Gasteiger partial charge in [0.15, 0.2) is 5.96 Å². The van der Waals surface area contributed by atoms with Crippen LogP contribution in [0.1, 0.15) is 40.5 Å². The third kappa shape index (κ3) is 7.19. The molecule has 0 bridgehead atoms. The largest absolute Gasteiger partial charge is 0.375 e. The molecule has 7 nitrogen and oxygen atoms in total. The summed E-state index contributed by atoms with van der Waals surface area (Å²) in [5.74, 6) is 0.941. The zero-order chi connectivity index (χ0) is 18.3. The predicted molar refractivity (Wildman–Crippen MR) is 114 cm³/mol. The first kappa shape index (κ1) is 23.4. The molecule has 0 aliphatic carbocycles. The molecule has 0 aromatic heterocycles. The van der Waals surface area contributed by atoms with E-state index in [1.807, 2.05) is 20.8 Å². The van der Waals surface area contributed by atoms with Crippen LogP contribution in [0.5, 0.6) is 0 Å². The third-order valence-electron chi connectivity index (χ3n) is 4.45. The van der Waals surface area contributed by atoms with Crippen LogP contribution >= 0.6 is 24.0 Å². The van der Waals surface area contributed by atoms with Crippen molar-refractivity contribution in [2.45, 2.75) is 52.7 Å². The van der Waals surface area contributed by atoms with Crippen molar-refractivity contribution in [3.63, 3.8) is 0 Å². The second-order valence-corrected chi connectivity index (χ2v) is 7.65. The van der Waals surface area contributed by atoms with Crippen LogP contribution < -0.4 is 10.6 Å². The molecule has 2 atom stereocenters. The van der Waals surface area contributed by atoms with Gasteiger partial charge in [0, 0.05) is 38.2 Å². The van der Waals surface area contributed by atoms with E-state index in [0.717, 1.165) is 45.0 Å². The van der Waals surface area contributed by atoms with Crippen molar-refractivity contribution in [1.29, 1.82) is 0 Å². The van der Waals surface area contributed by atoms with E-state index in [4.69, 9.17) is 9.47 Å². The molecule has 2 rings (SSSR count). The smallest absolute Gasteiger partial charge is 0.225 e. The highest BCUT2D eigenvalue weighted by molar-refractivity contribution is 14.0. The Bertz CT molecular complexity index is 462. The summed E-state index contributed by atoms with van der Waals surface area (Å²) < 4.78 is 11.7. The third-order valence-corrected chi connectivity index (χ3v) is 4.45. The van der Waals surface area contributed by atoms with Crippen molar-refractivity contribution in [3.05, 3.63) is 0 Å². The Morgan fingerprint density at radius 3 is 2.54 bits per heavy atom. The fourth-order valence-electron chi connectivity index (χ4n) is 3.01. The van der Waals surface area contributed by atoms with Crippen molar-refractivity contribution in [3.8, 4) is 0 Å². The molecule has 2 unspecified atom stereocenters. The molecule has 1 amide bonds. The molecule has 0 spiro atoms. The summed E-state index contributed by atoms with van der Waals surface area (Å²) >= 11 is 0. The van der Waals surface area contributed by atoms with E-state index in [9.17, 15) is 4.79 Å². The molecular weight excluding hydrogens is 447 g/mol. The Kier molecular flexibility index (Phi) is 10.2. The van der Waals surface area contributed by atoms with Crippen molar-refractivity contribution >= 4 is 35.8 Å². The lowest BCUT2D eigenvalue weighted by Gasteiger charge is -2.37. The highest BCUT2D eigenvalue weighted by Gasteiger charge is 2.32. The van der Waals surface area contributed by atoms with E-state index < -0.39 is 0 Å². The molecular formula is C18H35IN4O3. The number of amides is 1. The van der Waals surface area contributed by atoms with Gasteiger partial charge in [-0.3, -0.25) is 9.79 Å². The Morgan fingerprint density at radius 1 is 1.19 bits per heavy atom. The highest BCUT2D eigenvalue weighted by Crippen LogP contribution is 2.21. The van der Waals surface area contributed by atoms with Crippen molar-refractivity contribution < 1.29 is 14.3 Å². The summed E-state index contributed by atoms with van der Waals surface area (Å²) in [6.45, 7) is 12.9. The van der Waals surface area contributed by atoms with Crippen LogP contribution in [0.25, 0.3) is 0 Å². The van der Waals surface area contributed by atoms with Gasteiger partial charge in [0.2, 0.25) is 5.91 Å². The summed E-state index contributed by atoms with van der Waals surface area (Å²) in [5.41, 5.74) is -0.368. The number of nitrogens with zero attached hydrogens (tertiary/aromatic N) is 2. The molecule has 8 heteroatoms. The van der Waals surface area contributed by atoms with Crippen molar-refractivity contribution in [2.75, 3.05) is 45.9 Å². The number of halogens is 1. The van der Waals surface area contributed by atoms with Crippen LogP contribution in [0.2, 0.25) is 0 Å². The summed E-state index contributed by atoms with van der Waals surface area (Å²) in [4.78, 5) is 18.8. The van der Waals surface area contributed by atoms with Gasteiger partial charge in [-0.25, -0.2) is 0 Å². The van der Waals surface area contributed by atoms with Crippen LogP contribution in [-0.4, -0.2) is 74.9 Å². The maximum Gasteiger partial charge on any atom is 0.225 e. The van der Waals surface area contributed by atoms with Gasteiger partial charge in [-0.2, -0.15) is 0 Å². The number of hydrogen-bond donors (Lipinski definition) is 2. The lowest BCUT2D eigenvalue weighted by Crippen LogP contribution is -2.53. The Morgan fingerprint density at radius 2 is 1.92 bits per heavy atom. The molecule has 2 fully saturated rings. The normalized spacial score (nSPS) is 24.2. The van der Waals surface area contributed by atoms with Gasteiger partial charge < -0.3 is 25.0 Å². The molecule has 2 N–H and O–H groups in total. The summed E-state index contributed by atoms with van der Waals surface area (Å²) in [6.07, 6.45) is 2.51.